The number of benzene rings is 1. The van der Waals surface area contributed by atoms with Crippen molar-refractivity contribution in [3.63, 3.8) is 0 Å². The molecule has 0 spiro atoms. The highest BCUT2D eigenvalue weighted by molar-refractivity contribution is 5.80. The topological polar surface area (TPSA) is 50.8 Å². The molecule has 1 heterocycles. The Bertz CT molecular complexity index is 569. The number of halogens is 2. The fourth-order valence-electron chi connectivity index (χ4n) is 2.62. The molecule has 0 aromatic heterocycles. The molecule has 2 rings (SSSR count). The Morgan fingerprint density at radius 2 is 2.25 bits per heavy atom. The molecule has 1 fully saturated rings. The molecule has 0 bridgehead atoms. The highest BCUT2D eigenvalue weighted by atomic mass is 19.3. The van der Waals surface area contributed by atoms with Crippen molar-refractivity contribution < 1.29 is 23.0 Å². The van der Waals surface area contributed by atoms with Crippen LogP contribution in [0.25, 0.3) is 0 Å². The van der Waals surface area contributed by atoms with Crippen molar-refractivity contribution >= 4 is 11.6 Å². The van der Waals surface area contributed by atoms with Gasteiger partial charge in [0.05, 0.1) is 12.3 Å². The minimum atomic E-state index is -2.87. The van der Waals surface area contributed by atoms with E-state index in [-0.39, 0.29) is 17.7 Å². The number of rotatable bonds is 8. The molecule has 1 aromatic carbocycles. The van der Waals surface area contributed by atoms with Crippen LogP contribution in [0.1, 0.15) is 13.3 Å². The highest BCUT2D eigenvalue weighted by Gasteiger charge is 2.27. The van der Waals surface area contributed by atoms with Gasteiger partial charge in [0.15, 0.2) is 0 Å². The molecule has 1 aliphatic rings. The Kier molecular flexibility index (Phi) is 6.54. The molecule has 24 heavy (non-hydrogen) atoms. The Hall–Kier alpha value is -2.15. The second-order valence-electron chi connectivity index (χ2n) is 5.55. The van der Waals surface area contributed by atoms with Crippen LogP contribution in [-0.4, -0.2) is 44.4 Å². The summed E-state index contributed by atoms with van der Waals surface area (Å²) in [6.07, 6.45) is 1.75. The average Bonchev–Trinajstić information content (AvgIpc) is 3.00. The van der Waals surface area contributed by atoms with Gasteiger partial charge in [0.2, 0.25) is 5.91 Å². The number of ether oxygens (including phenoxy) is 2. The molecule has 132 valence electrons. The number of alkyl halides is 2. The monoisotopic (exact) mass is 340 g/mol. The van der Waals surface area contributed by atoms with Gasteiger partial charge in [-0.1, -0.05) is 18.2 Å². The van der Waals surface area contributed by atoms with Gasteiger partial charge in [-0.3, -0.25) is 4.79 Å². The smallest absolute Gasteiger partial charge is 0.387 e. The van der Waals surface area contributed by atoms with Crippen LogP contribution in [0.3, 0.4) is 0 Å². The fourth-order valence-corrected chi connectivity index (χ4v) is 2.62. The first-order valence-electron chi connectivity index (χ1n) is 7.83. The Balaban J connectivity index is 1.93. The molecule has 2 atom stereocenters. The van der Waals surface area contributed by atoms with Crippen LogP contribution < -0.4 is 15.0 Å². The minimum Gasteiger partial charge on any atom is -0.433 e. The lowest BCUT2D eigenvalue weighted by molar-refractivity contribution is -0.131. The van der Waals surface area contributed by atoms with Gasteiger partial charge in [-0.15, -0.1) is 6.58 Å². The zero-order valence-electron chi connectivity index (χ0n) is 13.6. The first-order chi connectivity index (χ1) is 11.5. The molecule has 1 aliphatic heterocycles. The van der Waals surface area contributed by atoms with Crippen molar-refractivity contribution in [3.8, 4) is 5.75 Å². The largest absolute Gasteiger partial charge is 0.433 e. The molecule has 1 amide bonds. The average molecular weight is 340 g/mol. The van der Waals surface area contributed by atoms with Crippen LogP contribution >= 0.6 is 0 Å². The van der Waals surface area contributed by atoms with Crippen LogP contribution in [0.4, 0.5) is 14.5 Å². The van der Waals surface area contributed by atoms with E-state index in [1.165, 1.54) is 6.07 Å². The third-order valence-electron chi connectivity index (χ3n) is 3.79. The standard InChI is InChI=1S/C17H22F2N2O3/c1-3-10-23-12(2)16(22)20-13-8-9-21(11-13)14-6-4-5-7-15(14)24-17(18)19/h3-7,12-13,17H,1,8-11H2,2H3,(H,20,22)/t12-,13+/m0/s1. The molecule has 0 unspecified atom stereocenters. The third kappa shape index (κ3) is 4.92. The Morgan fingerprint density at radius 1 is 1.50 bits per heavy atom. The van der Waals surface area contributed by atoms with E-state index in [1.807, 2.05) is 4.90 Å². The fraction of sp³-hybridized carbons (Fsp3) is 0.471. The SMILES string of the molecule is C=CCO[C@@H](C)C(=O)N[C@@H]1CCN(c2ccccc2OC(F)F)C1. The number of para-hydroxylation sites is 2. The van der Waals surface area contributed by atoms with Gasteiger partial charge >= 0.3 is 6.61 Å². The number of hydrogen-bond donors (Lipinski definition) is 1. The summed E-state index contributed by atoms with van der Waals surface area (Å²) in [6, 6.07) is 6.60. The molecule has 0 radical (unpaired) electrons. The number of carbonyl (C=O) groups excluding carboxylic acids is 1. The van der Waals surface area contributed by atoms with Crippen molar-refractivity contribution in [3.05, 3.63) is 36.9 Å². The quantitative estimate of drug-likeness (QED) is 0.739. The van der Waals surface area contributed by atoms with E-state index in [0.29, 0.717) is 25.4 Å². The van der Waals surface area contributed by atoms with Crippen LogP contribution in [0, 0.1) is 0 Å². The summed E-state index contributed by atoms with van der Waals surface area (Å²) in [4.78, 5) is 14.0. The lowest BCUT2D eigenvalue weighted by Crippen LogP contribution is -2.42. The first kappa shape index (κ1) is 18.2. The number of hydrogen-bond acceptors (Lipinski definition) is 4. The lowest BCUT2D eigenvalue weighted by Gasteiger charge is -2.22. The lowest BCUT2D eigenvalue weighted by atomic mass is 10.2. The maximum Gasteiger partial charge on any atom is 0.387 e. The van der Waals surface area contributed by atoms with Gasteiger partial charge in [-0.25, -0.2) is 0 Å². The molecule has 1 saturated heterocycles. The zero-order valence-corrected chi connectivity index (χ0v) is 13.6. The molecule has 7 heteroatoms. The summed E-state index contributed by atoms with van der Waals surface area (Å²) in [5, 5.41) is 2.92. The normalized spacial score (nSPS) is 18.5. The number of amides is 1. The highest BCUT2D eigenvalue weighted by Crippen LogP contribution is 2.31. The second kappa shape index (κ2) is 8.63. The maximum absolute atomic E-state index is 12.5. The van der Waals surface area contributed by atoms with E-state index < -0.39 is 12.7 Å². The van der Waals surface area contributed by atoms with Crippen molar-refractivity contribution in [2.45, 2.75) is 32.1 Å². The molecular formula is C17H22F2N2O3. The van der Waals surface area contributed by atoms with Crippen molar-refractivity contribution in [2.75, 3.05) is 24.6 Å². The number of carbonyl (C=O) groups is 1. The summed E-state index contributed by atoms with van der Waals surface area (Å²) in [5.41, 5.74) is 0.602. The molecule has 0 aliphatic carbocycles. The van der Waals surface area contributed by atoms with E-state index in [1.54, 1.807) is 31.2 Å². The zero-order chi connectivity index (χ0) is 17.5. The van der Waals surface area contributed by atoms with Gasteiger partial charge in [-0.2, -0.15) is 8.78 Å². The molecular weight excluding hydrogens is 318 g/mol. The molecule has 5 nitrogen and oxygen atoms in total. The predicted octanol–water partition coefficient (Wildman–Crippen LogP) is 2.57. The number of nitrogens with zero attached hydrogens (tertiary/aromatic N) is 1. The van der Waals surface area contributed by atoms with Gasteiger partial charge in [0.1, 0.15) is 11.9 Å². The van der Waals surface area contributed by atoms with Crippen molar-refractivity contribution in [1.82, 2.24) is 5.32 Å². The minimum absolute atomic E-state index is 0.0631. The maximum atomic E-state index is 12.5. The molecule has 0 saturated carbocycles. The van der Waals surface area contributed by atoms with Crippen molar-refractivity contribution in [2.24, 2.45) is 0 Å². The predicted molar refractivity (Wildman–Crippen MR) is 87.4 cm³/mol. The second-order valence-corrected chi connectivity index (χ2v) is 5.55. The van der Waals surface area contributed by atoms with Crippen molar-refractivity contribution in [1.29, 1.82) is 0 Å². The summed E-state index contributed by atoms with van der Waals surface area (Å²) < 4.78 is 34.9. The Labute approximate surface area is 140 Å². The van der Waals surface area contributed by atoms with Crippen LogP contribution in [0.15, 0.2) is 36.9 Å². The van der Waals surface area contributed by atoms with E-state index in [0.717, 1.165) is 6.42 Å². The van der Waals surface area contributed by atoms with E-state index in [4.69, 9.17) is 4.74 Å². The van der Waals surface area contributed by atoms with Gasteiger partial charge in [0.25, 0.3) is 0 Å². The third-order valence-corrected chi connectivity index (χ3v) is 3.79. The van der Waals surface area contributed by atoms with E-state index >= 15 is 0 Å². The van der Waals surface area contributed by atoms with Gasteiger partial charge in [0, 0.05) is 19.1 Å². The summed E-state index contributed by atoms with van der Waals surface area (Å²) in [5.74, 6) is -0.0528. The number of nitrogens with one attached hydrogen (secondary N) is 1. The van der Waals surface area contributed by atoms with Crippen LogP contribution in [0.2, 0.25) is 0 Å². The molecule has 1 N–H and O–H groups in total. The first-order valence-corrected chi connectivity index (χ1v) is 7.83. The summed E-state index contributed by atoms with van der Waals surface area (Å²) in [6.45, 7) is 3.84. The summed E-state index contributed by atoms with van der Waals surface area (Å²) in [7, 11) is 0. The number of anilines is 1. The van der Waals surface area contributed by atoms with Gasteiger partial charge < -0.3 is 19.7 Å². The van der Waals surface area contributed by atoms with Crippen LogP contribution in [0.5, 0.6) is 5.75 Å². The Morgan fingerprint density at radius 3 is 2.96 bits per heavy atom. The van der Waals surface area contributed by atoms with E-state index in [9.17, 15) is 13.6 Å². The van der Waals surface area contributed by atoms with Crippen LogP contribution in [-0.2, 0) is 9.53 Å². The molecule has 1 aromatic rings. The van der Waals surface area contributed by atoms with Gasteiger partial charge in [-0.05, 0) is 25.5 Å². The van der Waals surface area contributed by atoms with E-state index in [2.05, 4.69) is 16.6 Å². The summed E-state index contributed by atoms with van der Waals surface area (Å²) >= 11 is 0.